The number of esters is 2. The summed E-state index contributed by atoms with van der Waals surface area (Å²) in [6.07, 6.45) is -4.95. The van der Waals surface area contributed by atoms with Crippen molar-refractivity contribution in [2.45, 2.75) is 11.1 Å². The number of halogens is 3. The van der Waals surface area contributed by atoms with Crippen LogP contribution < -0.4 is 4.72 Å². The molecule has 9 nitrogen and oxygen atoms in total. The average molecular weight is 461 g/mol. The lowest BCUT2D eigenvalue weighted by Crippen LogP contribution is -2.17. The summed E-state index contributed by atoms with van der Waals surface area (Å²) in [4.78, 5) is 34.1. The topological polar surface area (TPSA) is 136 Å². The van der Waals surface area contributed by atoms with Crippen molar-refractivity contribution in [1.82, 2.24) is 0 Å². The summed E-state index contributed by atoms with van der Waals surface area (Å²) in [6, 6.07) is 4.07. The molecule has 0 aliphatic heterocycles. The summed E-state index contributed by atoms with van der Waals surface area (Å²) in [5.74, 6) is -3.70. The number of carboxylic acids is 1. The predicted molar refractivity (Wildman–Crippen MR) is 98.3 cm³/mol. The van der Waals surface area contributed by atoms with E-state index in [0.29, 0.717) is 18.2 Å². The molecule has 0 aliphatic carbocycles. The van der Waals surface area contributed by atoms with Gasteiger partial charge in [0.1, 0.15) is 0 Å². The third-order valence-electron chi connectivity index (χ3n) is 3.82. The molecule has 13 heteroatoms. The Morgan fingerprint density at radius 3 is 1.81 bits per heavy atom. The van der Waals surface area contributed by atoms with Crippen LogP contribution in [0.1, 0.15) is 36.6 Å². The number of ether oxygens (including phenoxy) is 2. The van der Waals surface area contributed by atoms with Gasteiger partial charge in [-0.05, 0) is 36.4 Å². The fraction of sp³-hybridized carbons (Fsp3) is 0.167. The largest absolute Gasteiger partial charge is 0.478 e. The third kappa shape index (κ3) is 5.51. The van der Waals surface area contributed by atoms with Crippen LogP contribution in [0.15, 0.2) is 41.3 Å². The molecule has 0 heterocycles. The first-order chi connectivity index (χ1) is 14.3. The molecule has 0 aliphatic rings. The second-order valence-corrected chi connectivity index (χ2v) is 7.62. The van der Waals surface area contributed by atoms with Crippen molar-refractivity contribution in [2.24, 2.45) is 0 Å². The molecular weight excluding hydrogens is 447 g/mol. The number of nitrogens with one attached hydrogen (secondary N) is 1. The zero-order chi connectivity index (χ0) is 23.6. The molecule has 2 rings (SSSR count). The molecule has 0 aromatic heterocycles. The van der Waals surface area contributed by atoms with E-state index in [-0.39, 0.29) is 11.1 Å². The first kappa shape index (κ1) is 23.7. The van der Waals surface area contributed by atoms with Crippen LogP contribution in [0.5, 0.6) is 0 Å². The van der Waals surface area contributed by atoms with Crippen molar-refractivity contribution in [1.29, 1.82) is 0 Å². The van der Waals surface area contributed by atoms with Crippen molar-refractivity contribution in [3.05, 3.63) is 58.7 Å². The van der Waals surface area contributed by atoms with Crippen LogP contribution in [0.3, 0.4) is 0 Å². The molecule has 0 bridgehead atoms. The second-order valence-electron chi connectivity index (χ2n) is 5.94. The molecule has 0 saturated carbocycles. The highest BCUT2D eigenvalue weighted by atomic mass is 32.2. The minimum atomic E-state index is -4.95. The van der Waals surface area contributed by atoms with E-state index < -0.39 is 55.8 Å². The molecular formula is C18H14F3NO8S. The van der Waals surface area contributed by atoms with Gasteiger partial charge >= 0.3 is 24.1 Å². The monoisotopic (exact) mass is 461 g/mol. The maximum absolute atomic E-state index is 13.1. The Morgan fingerprint density at radius 1 is 0.871 bits per heavy atom. The molecule has 2 aromatic carbocycles. The van der Waals surface area contributed by atoms with E-state index in [1.165, 1.54) is 0 Å². The fourth-order valence-corrected chi connectivity index (χ4v) is 3.52. The fourth-order valence-electron chi connectivity index (χ4n) is 2.41. The molecule has 0 spiro atoms. The van der Waals surface area contributed by atoms with Crippen LogP contribution in [0, 0.1) is 0 Å². The van der Waals surface area contributed by atoms with Crippen LogP contribution in [-0.4, -0.2) is 45.7 Å². The number of benzene rings is 2. The van der Waals surface area contributed by atoms with E-state index in [2.05, 4.69) is 9.47 Å². The quantitative estimate of drug-likeness (QED) is 0.627. The highest BCUT2D eigenvalue weighted by Gasteiger charge is 2.32. The van der Waals surface area contributed by atoms with Gasteiger partial charge in [0.15, 0.2) is 0 Å². The van der Waals surface area contributed by atoms with Gasteiger partial charge < -0.3 is 14.6 Å². The van der Waals surface area contributed by atoms with Gasteiger partial charge in [0.25, 0.3) is 10.0 Å². The van der Waals surface area contributed by atoms with Gasteiger partial charge in [0.2, 0.25) is 0 Å². The van der Waals surface area contributed by atoms with Crippen LogP contribution in [0.4, 0.5) is 18.9 Å². The Morgan fingerprint density at radius 2 is 1.39 bits per heavy atom. The van der Waals surface area contributed by atoms with Crippen LogP contribution >= 0.6 is 0 Å². The summed E-state index contributed by atoms with van der Waals surface area (Å²) in [5.41, 5.74) is -3.60. The summed E-state index contributed by atoms with van der Waals surface area (Å²) >= 11 is 0. The number of hydrogen-bond acceptors (Lipinski definition) is 7. The van der Waals surface area contributed by atoms with Crippen LogP contribution in [-0.2, 0) is 25.7 Å². The SMILES string of the molecule is COC(=O)c1cc(C(=O)OC)cc(S(=O)(=O)Nc2cc(C(=O)O)cc(C(F)(F)F)c2)c1. The van der Waals surface area contributed by atoms with Gasteiger partial charge in [-0.1, -0.05) is 0 Å². The Bertz CT molecular complexity index is 1120. The molecule has 0 unspecified atom stereocenters. The van der Waals surface area contributed by atoms with E-state index in [1.807, 2.05) is 4.72 Å². The minimum Gasteiger partial charge on any atom is -0.478 e. The molecule has 166 valence electrons. The standard InChI is InChI=1S/C18H14F3NO8S/c1-29-16(25)10-3-11(17(26)30-2)7-14(6-10)31(27,28)22-13-5-9(15(23)24)4-12(8-13)18(19,20)21/h3-8,22H,1-2H3,(H,23,24). The van der Waals surface area contributed by atoms with Gasteiger partial charge in [-0.3, -0.25) is 4.72 Å². The molecule has 0 atom stereocenters. The first-order valence-corrected chi connectivity index (χ1v) is 9.57. The maximum Gasteiger partial charge on any atom is 0.416 e. The molecule has 2 N–H and O–H groups in total. The number of hydrogen-bond donors (Lipinski definition) is 2. The normalized spacial score (nSPS) is 11.5. The number of rotatable bonds is 6. The Balaban J connectivity index is 2.61. The van der Waals surface area contributed by atoms with E-state index in [0.717, 1.165) is 32.4 Å². The molecule has 2 aromatic rings. The minimum absolute atomic E-state index is 0.341. The number of aromatic carboxylic acids is 1. The molecule has 0 saturated heterocycles. The Kier molecular flexibility index (Phi) is 6.59. The number of carbonyl (C=O) groups is 3. The van der Waals surface area contributed by atoms with Gasteiger partial charge in [-0.2, -0.15) is 13.2 Å². The van der Waals surface area contributed by atoms with Crippen LogP contribution in [0.2, 0.25) is 0 Å². The van der Waals surface area contributed by atoms with Gasteiger partial charge in [-0.15, -0.1) is 0 Å². The van der Waals surface area contributed by atoms with Crippen LogP contribution in [0.25, 0.3) is 0 Å². The zero-order valence-corrected chi connectivity index (χ0v) is 16.6. The van der Waals surface area contributed by atoms with Crippen molar-refractivity contribution in [3.8, 4) is 0 Å². The maximum atomic E-state index is 13.1. The Hall–Kier alpha value is -3.61. The highest BCUT2D eigenvalue weighted by molar-refractivity contribution is 7.92. The lowest BCUT2D eigenvalue weighted by atomic mass is 10.1. The van der Waals surface area contributed by atoms with Crippen molar-refractivity contribution in [2.75, 3.05) is 18.9 Å². The number of carboxylic acid groups (broad SMARTS) is 1. The lowest BCUT2D eigenvalue weighted by molar-refractivity contribution is -0.137. The van der Waals surface area contributed by atoms with E-state index >= 15 is 0 Å². The number of carbonyl (C=O) groups excluding carboxylic acids is 2. The van der Waals surface area contributed by atoms with Gasteiger partial charge in [0.05, 0.1) is 47.1 Å². The van der Waals surface area contributed by atoms with Gasteiger partial charge in [-0.25, -0.2) is 22.8 Å². The van der Waals surface area contributed by atoms with E-state index in [1.54, 1.807) is 0 Å². The van der Waals surface area contributed by atoms with E-state index in [9.17, 15) is 36.0 Å². The summed E-state index contributed by atoms with van der Waals surface area (Å²) in [6.45, 7) is 0. The summed E-state index contributed by atoms with van der Waals surface area (Å²) in [5, 5.41) is 9.02. The van der Waals surface area contributed by atoms with Crippen molar-refractivity contribution >= 4 is 33.6 Å². The van der Waals surface area contributed by atoms with Crippen molar-refractivity contribution in [3.63, 3.8) is 0 Å². The van der Waals surface area contributed by atoms with Gasteiger partial charge in [0, 0.05) is 0 Å². The second kappa shape index (κ2) is 8.63. The number of sulfonamides is 1. The lowest BCUT2D eigenvalue weighted by Gasteiger charge is -2.14. The molecule has 0 fully saturated rings. The Labute approximate surface area is 173 Å². The summed E-state index contributed by atoms with van der Waals surface area (Å²) in [7, 11) is -2.65. The number of anilines is 1. The van der Waals surface area contributed by atoms with Crippen molar-refractivity contribution < 1.29 is 50.6 Å². The number of alkyl halides is 3. The molecule has 0 amide bonds. The smallest absolute Gasteiger partial charge is 0.416 e. The molecule has 31 heavy (non-hydrogen) atoms. The zero-order valence-electron chi connectivity index (χ0n) is 15.8. The first-order valence-electron chi connectivity index (χ1n) is 8.08. The average Bonchev–Trinajstić information content (AvgIpc) is 2.70. The van der Waals surface area contributed by atoms with E-state index in [4.69, 9.17) is 5.11 Å². The number of methoxy groups -OCH3 is 2. The predicted octanol–water partition coefficient (Wildman–Crippen LogP) is 2.78. The third-order valence-corrected chi connectivity index (χ3v) is 5.18. The summed E-state index contributed by atoms with van der Waals surface area (Å²) < 4.78 is 75.4. The molecule has 0 radical (unpaired) electrons. The highest BCUT2D eigenvalue weighted by Crippen LogP contribution is 2.33.